The van der Waals surface area contributed by atoms with Crippen LogP contribution in [0.1, 0.15) is 42.1 Å². The van der Waals surface area contributed by atoms with Crippen LogP contribution in [0, 0.1) is 13.8 Å². The molecule has 3 rings (SSSR count). The lowest BCUT2D eigenvalue weighted by atomic mass is 10.0. The monoisotopic (exact) mass is 346 g/mol. The average molecular weight is 346 g/mol. The summed E-state index contributed by atoms with van der Waals surface area (Å²) < 4.78 is 0. The summed E-state index contributed by atoms with van der Waals surface area (Å²) in [6.07, 6.45) is 0. The van der Waals surface area contributed by atoms with Crippen LogP contribution in [0.3, 0.4) is 0 Å². The quantitative estimate of drug-likeness (QED) is 0.612. The van der Waals surface area contributed by atoms with Crippen LogP contribution < -0.4 is 10.6 Å². The third-order valence-electron chi connectivity index (χ3n) is 4.23. The number of rotatable bonds is 6. The molecule has 1 aromatic heterocycles. The topological polar surface area (TPSA) is 49.8 Å². The van der Waals surface area contributed by atoms with Crippen LogP contribution in [-0.2, 0) is 6.54 Å². The SMILES string of the molecule is Cc1cccc(CNc2nc(C)cc(Nc3ccccc3C(C)C)n2)c1. The maximum atomic E-state index is 4.63. The molecular formula is C22H26N4. The molecule has 2 aromatic carbocycles. The maximum Gasteiger partial charge on any atom is 0.225 e. The molecule has 0 atom stereocenters. The number of benzene rings is 2. The Morgan fingerprint density at radius 2 is 1.73 bits per heavy atom. The third-order valence-corrected chi connectivity index (χ3v) is 4.23. The zero-order chi connectivity index (χ0) is 18.5. The number of para-hydroxylation sites is 1. The van der Waals surface area contributed by atoms with E-state index in [0.717, 1.165) is 17.2 Å². The second kappa shape index (κ2) is 8.00. The van der Waals surface area contributed by atoms with Crippen LogP contribution in [0.2, 0.25) is 0 Å². The van der Waals surface area contributed by atoms with E-state index in [2.05, 4.69) is 83.8 Å². The minimum atomic E-state index is 0.445. The Bertz CT molecular complexity index is 887. The fourth-order valence-corrected chi connectivity index (χ4v) is 2.97. The molecule has 0 aliphatic heterocycles. The van der Waals surface area contributed by atoms with Crippen molar-refractivity contribution in [2.75, 3.05) is 10.6 Å². The van der Waals surface area contributed by atoms with Gasteiger partial charge < -0.3 is 10.6 Å². The lowest BCUT2D eigenvalue weighted by Crippen LogP contribution is -2.07. The van der Waals surface area contributed by atoms with Crippen molar-refractivity contribution in [1.29, 1.82) is 0 Å². The average Bonchev–Trinajstić information content (AvgIpc) is 2.60. The molecule has 0 aliphatic rings. The maximum absolute atomic E-state index is 4.63. The first-order valence-corrected chi connectivity index (χ1v) is 9.02. The van der Waals surface area contributed by atoms with E-state index in [1.54, 1.807) is 0 Å². The normalized spacial score (nSPS) is 10.8. The number of hydrogen-bond acceptors (Lipinski definition) is 4. The van der Waals surface area contributed by atoms with E-state index in [1.807, 2.05) is 19.1 Å². The van der Waals surface area contributed by atoms with Crippen molar-refractivity contribution in [2.45, 2.75) is 40.2 Å². The minimum absolute atomic E-state index is 0.445. The van der Waals surface area contributed by atoms with Crippen molar-refractivity contribution in [1.82, 2.24) is 9.97 Å². The number of nitrogens with zero attached hydrogens (tertiary/aromatic N) is 2. The molecule has 134 valence electrons. The molecule has 0 bridgehead atoms. The molecule has 0 saturated heterocycles. The van der Waals surface area contributed by atoms with Gasteiger partial charge in [-0.05, 0) is 37.0 Å². The predicted molar refractivity (Wildman–Crippen MR) is 109 cm³/mol. The highest BCUT2D eigenvalue weighted by Gasteiger charge is 2.08. The van der Waals surface area contributed by atoms with Gasteiger partial charge in [-0.2, -0.15) is 4.98 Å². The summed E-state index contributed by atoms with van der Waals surface area (Å²) in [5.41, 5.74) is 5.76. The molecule has 3 aromatic rings. The van der Waals surface area contributed by atoms with E-state index >= 15 is 0 Å². The molecule has 0 radical (unpaired) electrons. The van der Waals surface area contributed by atoms with Crippen LogP contribution in [0.25, 0.3) is 0 Å². The van der Waals surface area contributed by atoms with Gasteiger partial charge >= 0.3 is 0 Å². The first-order chi connectivity index (χ1) is 12.5. The van der Waals surface area contributed by atoms with Gasteiger partial charge in [-0.1, -0.05) is 61.9 Å². The molecular weight excluding hydrogens is 320 g/mol. The summed E-state index contributed by atoms with van der Waals surface area (Å²) in [6.45, 7) is 9.17. The lowest BCUT2D eigenvalue weighted by Gasteiger charge is -2.15. The molecule has 0 saturated carbocycles. The van der Waals surface area contributed by atoms with Gasteiger partial charge in [0.1, 0.15) is 5.82 Å². The van der Waals surface area contributed by atoms with Crippen LogP contribution in [-0.4, -0.2) is 9.97 Å². The fraction of sp³-hybridized carbons (Fsp3) is 0.273. The van der Waals surface area contributed by atoms with Gasteiger partial charge in [0.25, 0.3) is 0 Å². The van der Waals surface area contributed by atoms with Crippen molar-refractivity contribution in [3.8, 4) is 0 Å². The smallest absolute Gasteiger partial charge is 0.225 e. The number of aromatic nitrogens is 2. The number of anilines is 3. The molecule has 4 nitrogen and oxygen atoms in total. The Morgan fingerprint density at radius 3 is 2.50 bits per heavy atom. The van der Waals surface area contributed by atoms with Crippen LogP contribution in [0.5, 0.6) is 0 Å². The Balaban J connectivity index is 1.78. The summed E-state index contributed by atoms with van der Waals surface area (Å²) in [7, 11) is 0. The summed E-state index contributed by atoms with van der Waals surface area (Å²) in [6, 6.07) is 18.8. The van der Waals surface area contributed by atoms with E-state index in [-0.39, 0.29) is 0 Å². The summed E-state index contributed by atoms with van der Waals surface area (Å²) in [5, 5.41) is 6.78. The van der Waals surface area contributed by atoms with Gasteiger partial charge in [-0.25, -0.2) is 4.98 Å². The van der Waals surface area contributed by atoms with Gasteiger partial charge in [0.05, 0.1) is 0 Å². The largest absolute Gasteiger partial charge is 0.350 e. The van der Waals surface area contributed by atoms with Gasteiger partial charge in [0.15, 0.2) is 0 Å². The van der Waals surface area contributed by atoms with Crippen LogP contribution >= 0.6 is 0 Å². The first kappa shape index (κ1) is 17.9. The molecule has 0 spiro atoms. The van der Waals surface area contributed by atoms with E-state index in [9.17, 15) is 0 Å². The Hall–Kier alpha value is -2.88. The predicted octanol–water partition coefficient (Wildman–Crippen LogP) is 5.57. The molecule has 0 unspecified atom stereocenters. The summed E-state index contributed by atoms with van der Waals surface area (Å²) >= 11 is 0. The van der Waals surface area contributed by atoms with Crippen molar-refractivity contribution in [3.63, 3.8) is 0 Å². The number of nitrogens with one attached hydrogen (secondary N) is 2. The Kier molecular flexibility index (Phi) is 5.52. The van der Waals surface area contributed by atoms with Crippen molar-refractivity contribution in [2.24, 2.45) is 0 Å². The highest BCUT2D eigenvalue weighted by Crippen LogP contribution is 2.26. The van der Waals surface area contributed by atoms with Gasteiger partial charge in [0.2, 0.25) is 5.95 Å². The molecule has 0 aliphatic carbocycles. The van der Waals surface area contributed by atoms with Gasteiger partial charge in [-0.3, -0.25) is 0 Å². The second-order valence-corrected chi connectivity index (χ2v) is 6.93. The molecule has 0 amide bonds. The van der Waals surface area contributed by atoms with E-state index in [1.165, 1.54) is 16.7 Å². The molecule has 0 fully saturated rings. The first-order valence-electron chi connectivity index (χ1n) is 9.02. The minimum Gasteiger partial charge on any atom is -0.350 e. The lowest BCUT2D eigenvalue weighted by molar-refractivity contribution is 0.868. The van der Waals surface area contributed by atoms with Crippen LogP contribution in [0.4, 0.5) is 17.5 Å². The van der Waals surface area contributed by atoms with E-state index in [4.69, 9.17) is 0 Å². The van der Waals surface area contributed by atoms with Gasteiger partial charge in [-0.15, -0.1) is 0 Å². The Morgan fingerprint density at radius 1 is 0.923 bits per heavy atom. The summed E-state index contributed by atoms with van der Waals surface area (Å²) in [5.74, 6) is 1.88. The molecule has 2 N–H and O–H groups in total. The highest BCUT2D eigenvalue weighted by molar-refractivity contribution is 5.62. The molecule has 4 heteroatoms. The highest BCUT2D eigenvalue weighted by atomic mass is 15.1. The van der Waals surface area contributed by atoms with Crippen LogP contribution in [0.15, 0.2) is 54.6 Å². The number of aryl methyl sites for hydroxylation is 2. The Labute approximate surface area is 155 Å². The second-order valence-electron chi connectivity index (χ2n) is 6.93. The van der Waals surface area contributed by atoms with Gasteiger partial charge in [0, 0.05) is 24.0 Å². The van der Waals surface area contributed by atoms with Crippen molar-refractivity contribution in [3.05, 3.63) is 77.0 Å². The van der Waals surface area contributed by atoms with Crippen molar-refractivity contribution >= 4 is 17.5 Å². The number of hydrogen-bond donors (Lipinski definition) is 2. The summed E-state index contributed by atoms with van der Waals surface area (Å²) in [4.78, 5) is 9.14. The molecule has 26 heavy (non-hydrogen) atoms. The zero-order valence-electron chi connectivity index (χ0n) is 15.9. The third kappa shape index (κ3) is 4.60. The van der Waals surface area contributed by atoms with E-state index in [0.29, 0.717) is 18.4 Å². The standard InChI is InChI=1S/C22H26N4/c1-15(2)19-10-5-6-11-20(19)25-21-13-17(4)24-22(26-21)23-14-18-9-7-8-16(3)12-18/h5-13,15H,14H2,1-4H3,(H2,23,24,25,26). The zero-order valence-corrected chi connectivity index (χ0v) is 15.9. The molecule has 1 heterocycles. The van der Waals surface area contributed by atoms with Crippen molar-refractivity contribution < 1.29 is 0 Å². The fourth-order valence-electron chi connectivity index (χ4n) is 2.97. The van der Waals surface area contributed by atoms with E-state index < -0.39 is 0 Å².